The minimum Gasteiger partial charge on any atom is -0.364 e. The average molecular weight is 456 g/mol. The van der Waals surface area contributed by atoms with Crippen molar-refractivity contribution in [2.24, 2.45) is 11.8 Å². The number of fused-ring (bicyclic) bond motifs is 2. The normalized spacial score (nSPS) is 29.6. The molecule has 4 fully saturated rings. The van der Waals surface area contributed by atoms with Crippen molar-refractivity contribution in [3.8, 4) is 0 Å². The van der Waals surface area contributed by atoms with Gasteiger partial charge in [-0.1, -0.05) is 51.0 Å². The molecule has 6 heteroatoms. The van der Waals surface area contributed by atoms with Crippen molar-refractivity contribution in [1.29, 1.82) is 0 Å². The van der Waals surface area contributed by atoms with Gasteiger partial charge in [0.25, 0.3) is 0 Å². The van der Waals surface area contributed by atoms with E-state index in [1.165, 1.54) is 68.8 Å². The molecular formula is C27H38FN3O2. The van der Waals surface area contributed by atoms with Crippen LogP contribution >= 0.6 is 0 Å². The molecule has 1 aliphatic carbocycles. The van der Waals surface area contributed by atoms with Crippen LogP contribution in [-0.4, -0.2) is 59.9 Å². The zero-order valence-electron chi connectivity index (χ0n) is 20.0. The zero-order chi connectivity index (χ0) is 23.0. The van der Waals surface area contributed by atoms with Gasteiger partial charge in [0.05, 0.1) is 17.4 Å². The number of piperidine rings is 1. The van der Waals surface area contributed by atoms with Crippen LogP contribution in [0, 0.1) is 17.7 Å². The maximum Gasteiger partial charge on any atom is 0.235 e. The number of anilines is 1. The highest BCUT2D eigenvalue weighted by Crippen LogP contribution is 2.51. The van der Waals surface area contributed by atoms with E-state index in [1.807, 2.05) is 6.07 Å². The topological polar surface area (TPSA) is 43.9 Å². The summed E-state index contributed by atoms with van der Waals surface area (Å²) >= 11 is 0. The van der Waals surface area contributed by atoms with E-state index in [0.717, 1.165) is 31.6 Å². The molecule has 0 bridgehead atoms. The SMILES string of the molecule is CN1C(=O)C2CN(c3cccc(F)c3)C3(CCN(C4CCCCCCCCC4)CC3)C2C1=O. The van der Waals surface area contributed by atoms with E-state index in [0.29, 0.717) is 12.6 Å². The molecule has 2 amide bonds. The van der Waals surface area contributed by atoms with Crippen molar-refractivity contribution in [1.82, 2.24) is 9.80 Å². The quantitative estimate of drug-likeness (QED) is 0.611. The fourth-order valence-corrected chi connectivity index (χ4v) is 7.23. The van der Waals surface area contributed by atoms with E-state index in [2.05, 4.69) is 9.80 Å². The molecule has 1 spiro atoms. The number of benzene rings is 1. The lowest BCUT2D eigenvalue weighted by atomic mass is 9.74. The Morgan fingerprint density at radius 3 is 2.18 bits per heavy atom. The number of amides is 2. The lowest BCUT2D eigenvalue weighted by molar-refractivity contribution is -0.139. The van der Waals surface area contributed by atoms with Crippen LogP contribution in [0.4, 0.5) is 10.1 Å². The Kier molecular flexibility index (Phi) is 6.47. The highest BCUT2D eigenvalue weighted by Gasteiger charge is 2.64. The van der Waals surface area contributed by atoms with Gasteiger partial charge in [0.15, 0.2) is 0 Å². The standard InChI is InChI=1S/C27H38FN3O2/c1-29-25(32)23-19-31(22-13-9-10-20(28)18-22)27(24(23)26(29)33)14-16-30(17-15-27)21-11-7-5-3-2-4-6-8-12-21/h9-10,13,18,21,23-24H,2-8,11-12,14-17,19H2,1H3. The number of hydrogen-bond donors (Lipinski definition) is 0. The van der Waals surface area contributed by atoms with Gasteiger partial charge in [-0.2, -0.15) is 0 Å². The molecule has 0 aromatic heterocycles. The first-order valence-electron chi connectivity index (χ1n) is 13.1. The third-order valence-electron chi connectivity index (χ3n) is 9.02. The molecule has 0 N–H and O–H groups in total. The van der Waals surface area contributed by atoms with E-state index >= 15 is 0 Å². The summed E-state index contributed by atoms with van der Waals surface area (Å²) in [7, 11) is 1.62. The fraction of sp³-hybridized carbons (Fsp3) is 0.704. The molecule has 4 aliphatic rings. The van der Waals surface area contributed by atoms with E-state index < -0.39 is 5.54 Å². The Morgan fingerprint density at radius 2 is 1.55 bits per heavy atom. The summed E-state index contributed by atoms with van der Waals surface area (Å²) in [6.45, 7) is 2.40. The van der Waals surface area contributed by atoms with E-state index in [-0.39, 0.29) is 29.5 Å². The first-order valence-corrected chi connectivity index (χ1v) is 13.1. The fourth-order valence-electron chi connectivity index (χ4n) is 7.23. The molecule has 3 aliphatic heterocycles. The summed E-state index contributed by atoms with van der Waals surface area (Å²) in [5, 5.41) is 0. The van der Waals surface area contributed by atoms with Crippen LogP contribution in [0.3, 0.4) is 0 Å². The summed E-state index contributed by atoms with van der Waals surface area (Å²) in [6, 6.07) is 7.31. The molecule has 33 heavy (non-hydrogen) atoms. The maximum atomic E-state index is 14.1. The molecule has 1 aromatic carbocycles. The predicted octanol–water partition coefficient (Wildman–Crippen LogP) is 4.60. The van der Waals surface area contributed by atoms with Gasteiger partial charge in [0.1, 0.15) is 5.82 Å². The summed E-state index contributed by atoms with van der Waals surface area (Å²) in [5.74, 6) is -1.02. The second-order valence-electron chi connectivity index (χ2n) is 10.8. The molecule has 5 nitrogen and oxygen atoms in total. The Hall–Kier alpha value is -1.95. The van der Waals surface area contributed by atoms with Crippen molar-refractivity contribution < 1.29 is 14.0 Å². The molecule has 2 atom stereocenters. The number of carbonyl (C=O) groups excluding carboxylic acids is 2. The molecule has 2 unspecified atom stereocenters. The largest absolute Gasteiger partial charge is 0.364 e. The summed E-state index contributed by atoms with van der Waals surface area (Å²) < 4.78 is 14.1. The van der Waals surface area contributed by atoms with Gasteiger partial charge in [-0.05, 0) is 43.9 Å². The monoisotopic (exact) mass is 455 g/mol. The highest BCUT2D eigenvalue weighted by molar-refractivity contribution is 6.07. The molecular weight excluding hydrogens is 417 g/mol. The molecule has 3 saturated heterocycles. The van der Waals surface area contributed by atoms with Crippen molar-refractivity contribution >= 4 is 17.5 Å². The summed E-state index contributed by atoms with van der Waals surface area (Å²) in [6.07, 6.45) is 13.7. The van der Waals surface area contributed by atoms with Gasteiger partial charge < -0.3 is 9.80 Å². The van der Waals surface area contributed by atoms with Crippen LogP contribution < -0.4 is 4.90 Å². The van der Waals surface area contributed by atoms with Gasteiger partial charge in [-0.15, -0.1) is 0 Å². The van der Waals surface area contributed by atoms with Crippen LogP contribution in [0.1, 0.15) is 70.6 Å². The third kappa shape index (κ3) is 4.09. The third-order valence-corrected chi connectivity index (χ3v) is 9.02. The Bertz CT molecular complexity index is 872. The Balaban J connectivity index is 1.39. The number of nitrogens with zero attached hydrogens (tertiary/aromatic N) is 3. The minimum atomic E-state index is -0.400. The lowest BCUT2D eigenvalue weighted by Gasteiger charge is -2.50. The van der Waals surface area contributed by atoms with Crippen molar-refractivity contribution in [3.05, 3.63) is 30.1 Å². The van der Waals surface area contributed by atoms with E-state index in [1.54, 1.807) is 19.2 Å². The van der Waals surface area contributed by atoms with Crippen LogP contribution in [0.25, 0.3) is 0 Å². The van der Waals surface area contributed by atoms with E-state index in [9.17, 15) is 14.0 Å². The molecule has 1 aromatic rings. The summed E-state index contributed by atoms with van der Waals surface area (Å²) in [5.41, 5.74) is 0.405. The second-order valence-corrected chi connectivity index (χ2v) is 10.8. The van der Waals surface area contributed by atoms with Crippen molar-refractivity contribution in [2.75, 3.05) is 31.6 Å². The van der Waals surface area contributed by atoms with Crippen LogP contribution in [0.2, 0.25) is 0 Å². The molecule has 5 rings (SSSR count). The molecule has 0 radical (unpaired) electrons. The highest BCUT2D eigenvalue weighted by atomic mass is 19.1. The average Bonchev–Trinajstić information content (AvgIpc) is 3.26. The van der Waals surface area contributed by atoms with Gasteiger partial charge >= 0.3 is 0 Å². The van der Waals surface area contributed by atoms with Crippen LogP contribution in [-0.2, 0) is 9.59 Å². The van der Waals surface area contributed by atoms with Crippen LogP contribution in [0.5, 0.6) is 0 Å². The van der Waals surface area contributed by atoms with Crippen molar-refractivity contribution in [3.63, 3.8) is 0 Å². The molecule has 3 heterocycles. The molecule has 1 saturated carbocycles. The van der Waals surface area contributed by atoms with Gasteiger partial charge in [0, 0.05) is 38.4 Å². The predicted molar refractivity (Wildman–Crippen MR) is 127 cm³/mol. The van der Waals surface area contributed by atoms with Crippen molar-refractivity contribution in [2.45, 2.75) is 82.2 Å². The number of hydrogen-bond acceptors (Lipinski definition) is 4. The number of likely N-dealkylation sites (tertiary alicyclic amines) is 2. The zero-order valence-corrected chi connectivity index (χ0v) is 20.0. The first-order chi connectivity index (χ1) is 16.0. The minimum absolute atomic E-state index is 0.0453. The Labute approximate surface area is 197 Å². The number of imide groups is 1. The van der Waals surface area contributed by atoms with Gasteiger partial charge in [-0.3, -0.25) is 14.5 Å². The van der Waals surface area contributed by atoms with Crippen LogP contribution in [0.15, 0.2) is 24.3 Å². The lowest BCUT2D eigenvalue weighted by Crippen LogP contribution is -2.59. The number of halogens is 1. The Morgan fingerprint density at radius 1 is 0.909 bits per heavy atom. The number of carbonyl (C=O) groups is 2. The maximum absolute atomic E-state index is 14.1. The first kappa shape index (κ1) is 22.8. The van der Waals surface area contributed by atoms with E-state index in [4.69, 9.17) is 0 Å². The number of rotatable bonds is 2. The smallest absolute Gasteiger partial charge is 0.235 e. The molecule has 180 valence electrons. The van der Waals surface area contributed by atoms with Gasteiger partial charge in [0.2, 0.25) is 11.8 Å². The summed E-state index contributed by atoms with van der Waals surface area (Å²) in [4.78, 5) is 32.4. The second kappa shape index (κ2) is 9.36. The van der Waals surface area contributed by atoms with Gasteiger partial charge in [-0.25, -0.2) is 4.39 Å².